The van der Waals surface area contributed by atoms with Gasteiger partial charge in [-0.3, -0.25) is 9.59 Å². The summed E-state index contributed by atoms with van der Waals surface area (Å²) in [6.45, 7) is 0.678. The molecule has 0 spiro atoms. The lowest BCUT2D eigenvalue weighted by atomic mass is 10.2. The lowest BCUT2D eigenvalue weighted by molar-refractivity contribution is -0.120. The largest absolute Gasteiger partial charge is 0.493 e. The number of methoxy groups -OCH3 is 2. The Hall–Kier alpha value is -3.75. The zero-order valence-electron chi connectivity index (χ0n) is 16.1. The Labute approximate surface area is 167 Å². The number of benzene rings is 2. The monoisotopic (exact) mass is 399 g/mol. The summed E-state index contributed by atoms with van der Waals surface area (Å²) >= 11 is 0. The lowest BCUT2D eigenvalue weighted by Gasteiger charge is -2.18. The van der Waals surface area contributed by atoms with Gasteiger partial charge in [-0.2, -0.15) is 5.10 Å². The number of rotatable bonds is 7. The first kappa shape index (κ1) is 20.0. The molecule has 2 aromatic carbocycles. The van der Waals surface area contributed by atoms with Crippen molar-refractivity contribution in [3.63, 3.8) is 0 Å². The fourth-order valence-electron chi connectivity index (χ4n) is 2.60. The Morgan fingerprint density at radius 1 is 1.03 bits per heavy atom. The Morgan fingerprint density at radius 2 is 1.79 bits per heavy atom. The predicted octanol–water partition coefficient (Wildman–Crippen LogP) is 1.36. The first-order valence-electron chi connectivity index (χ1n) is 8.82. The lowest BCUT2D eigenvalue weighted by Crippen LogP contribution is -2.35. The Morgan fingerprint density at radius 3 is 2.55 bits per heavy atom. The van der Waals surface area contributed by atoms with E-state index < -0.39 is 11.8 Å². The van der Waals surface area contributed by atoms with Gasteiger partial charge in [-0.1, -0.05) is 0 Å². The van der Waals surface area contributed by atoms with Crippen molar-refractivity contribution in [2.45, 2.75) is 0 Å². The van der Waals surface area contributed by atoms with E-state index in [4.69, 9.17) is 18.9 Å². The maximum Gasteiger partial charge on any atom is 0.259 e. The number of fused-ring (bicyclic) bond motifs is 1. The van der Waals surface area contributed by atoms with E-state index in [1.54, 1.807) is 43.5 Å². The molecule has 0 atom stereocenters. The van der Waals surface area contributed by atoms with E-state index in [0.717, 1.165) is 0 Å². The fraction of sp³-hybridized carbons (Fsp3) is 0.250. The zero-order valence-corrected chi connectivity index (χ0v) is 16.1. The molecule has 0 aliphatic carbocycles. The van der Waals surface area contributed by atoms with Crippen LogP contribution in [-0.4, -0.2) is 52.0 Å². The Bertz CT molecular complexity index is 928. The molecule has 1 aliphatic rings. The number of hydrogen-bond acceptors (Lipinski definition) is 7. The molecule has 3 rings (SSSR count). The third kappa shape index (κ3) is 5.16. The molecular formula is C20H21N3O6. The van der Waals surface area contributed by atoms with Crippen LogP contribution in [0.25, 0.3) is 0 Å². The summed E-state index contributed by atoms with van der Waals surface area (Å²) in [6.07, 6.45) is 1.46. The predicted molar refractivity (Wildman–Crippen MR) is 105 cm³/mol. The highest BCUT2D eigenvalue weighted by Crippen LogP contribution is 2.30. The van der Waals surface area contributed by atoms with Crippen LogP contribution in [0.2, 0.25) is 0 Å². The van der Waals surface area contributed by atoms with Gasteiger partial charge >= 0.3 is 0 Å². The molecule has 0 radical (unpaired) electrons. The molecule has 2 aromatic rings. The van der Waals surface area contributed by atoms with Gasteiger partial charge < -0.3 is 24.3 Å². The van der Waals surface area contributed by atoms with Crippen LogP contribution in [-0.2, 0) is 4.79 Å². The Balaban J connectivity index is 1.49. The van der Waals surface area contributed by atoms with Crippen molar-refractivity contribution in [3.8, 4) is 23.0 Å². The highest BCUT2D eigenvalue weighted by molar-refractivity contribution is 5.97. The maximum atomic E-state index is 12.2. The van der Waals surface area contributed by atoms with Crippen LogP contribution >= 0.6 is 0 Å². The average molecular weight is 399 g/mol. The molecule has 0 bridgehead atoms. The van der Waals surface area contributed by atoms with Crippen molar-refractivity contribution in [1.29, 1.82) is 0 Å². The minimum Gasteiger partial charge on any atom is -0.493 e. The molecule has 0 unspecified atom stereocenters. The second kappa shape index (κ2) is 9.45. The van der Waals surface area contributed by atoms with E-state index in [0.29, 0.717) is 47.3 Å². The van der Waals surface area contributed by atoms with Crippen LogP contribution < -0.4 is 29.7 Å². The molecule has 1 heterocycles. The second-order valence-corrected chi connectivity index (χ2v) is 5.95. The smallest absolute Gasteiger partial charge is 0.259 e. The molecule has 9 nitrogen and oxygen atoms in total. The van der Waals surface area contributed by atoms with Gasteiger partial charge in [0.05, 0.1) is 27.0 Å². The van der Waals surface area contributed by atoms with Crippen LogP contribution in [0.5, 0.6) is 23.0 Å². The normalized spacial score (nSPS) is 12.3. The molecule has 0 aromatic heterocycles. The number of hydrogen-bond donors (Lipinski definition) is 2. The van der Waals surface area contributed by atoms with Crippen molar-refractivity contribution in [2.75, 3.05) is 34.0 Å². The van der Waals surface area contributed by atoms with Gasteiger partial charge in [0.2, 0.25) is 0 Å². The Kier molecular flexibility index (Phi) is 6.51. The van der Waals surface area contributed by atoms with Crippen LogP contribution in [0.4, 0.5) is 0 Å². The third-order valence-corrected chi connectivity index (χ3v) is 4.02. The van der Waals surface area contributed by atoms with E-state index in [1.165, 1.54) is 13.3 Å². The van der Waals surface area contributed by atoms with Gasteiger partial charge in [0.1, 0.15) is 13.2 Å². The van der Waals surface area contributed by atoms with Crippen LogP contribution in [0, 0.1) is 0 Å². The van der Waals surface area contributed by atoms with Gasteiger partial charge in [0.15, 0.2) is 23.0 Å². The van der Waals surface area contributed by atoms with Gasteiger partial charge in [-0.25, -0.2) is 5.43 Å². The van der Waals surface area contributed by atoms with Gasteiger partial charge in [0, 0.05) is 5.56 Å². The second-order valence-electron chi connectivity index (χ2n) is 5.95. The summed E-state index contributed by atoms with van der Waals surface area (Å²) < 4.78 is 21.2. The minimum absolute atomic E-state index is 0.226. The number of hydrazone groups is 1. The summed E-state index contributed by atoms with van der Waals surface area (Å²) in [4.78, 5) is 24.1. The van der Waals surface area contributed by atoms with E-state index in [2.05, 4.69) is 15.8 Å². The molecule has 0 fully saturated rings. The van der Waals surface area contributed by atoms with Crippen molar-refractivity contribution in [1.82, 2.24) is 10.7 Å². The molecule has 2 amide bonds. The van der Waals surface area contributed by atoms with E-state index in [1.807, 2.05) is 0 Å². The standard InChI is InChI=1S/C20H21N3O6/c1-26-15-5-3-13(9-17(15)27-2)11-22-23-19(24)12-21-20(25)14-4-6-16-18(10-14)29-8-7-28-16/h3-6,9-11H,7-8,12H2,1-2H3,(H,21,25)(H,23,24)/b22-11-. The van der Waals surface area contributed by atoms with Crippen LogP contribution in [0.15, 0.2) is 41.5 Å². The van der Waals surface area contributed by atoms with E-state index in [-0.39, 0.29) is 6.54 Å². The topological polar surface area (TPSA) is 107 Å². The molecule has 9 heteroatoms. The van der Waals surface area contributed by atoms with Crippen molar-refractivity contribution < 1.29 is 28.5 Å². The first-order chi connectivity index (χ1) is 14.1. The summed E-state index contributed by atoms with van der Waals surface area (Å²) in [6, 6.07) is 10.1. The first-order valence-corrected chi connectivity index (χ1v) is 8.82. The van der Waals surface area contributed by atoms with Crippen molar-refractivity contribution >= 4 is 18.0 Å². The third-order valence-electron chi connectivity index (χ3n) is 4.02. The zero-order chi connectivity index (χ0) is 20.6. The van der Waals surface area contributed by atoms with Gasteiger partial charge in [-0.15, -0.1) is 0 Å². The van der Waals surface area contributed by atoms with Crippen LogP contribution in [0.3, 0.4) is 0 Å². The highest BCUT2D eigenvalue weighted by Gasteiger charge is 2.15. The number of carbonyl (C=O) groups excluding carboxylic acids is 2. The van der Waals surface area contributed by atoms with Gasteiger partial charge in [0.25, 0.3) is 11.8 Å². The van der Waals surface area contributed by atoms with Crippen LogP contribution in [0.1, 0.15) is 15.9 Å². The summed E-state index contributed by atoms with van der Waals surface area (Å²) in [5.74, 6) is 1.38. The molecule has 1 aliphatic heterocycles. The van der Waals surface area contributed by atoms with Crippen molar-refractivity contribution in [2.24, 2.45) is 5.10 Å². The van der Waals surface area contributed by atoms with Gasteiger partial charge in [-0.05, 0) is 42.0 Å². The SMILES string of the molecule is COc1ccc(/C=N\NC(=O)CNC(=O)c2ccc3c(c2)OCCO3)cc1OC. The van der Waals surface area contributed by atoms with Crippen molar-refractivity contribution in [3.05, 3.63) is 47.5 Å². The molecule has 2 N–H and O–H groups in total. The fourth-order valence-corrected chi connectivity index (χ4v) is 2.60. The highest BCUT2D eigenvalue weighted by atomic mass is 16.6. The van der Waals surface area contributed by atoms with E-state index in [9.17, 15) is 9.59 Å². The molecule has 0 saturated carbocycles. The quantitative estimate of drug-likeness (QED) is 0.538. The minimum atomic E-state index is -0.465. The summed E-state index contributed by atoms with van der Waals surface area (Å²) in [5.41, 5.74) is 3.44. The molecule has 0 saturated heterocycles. The molecule has 152 valence electrons. The maximum absolute atomic E-state index is 12.2. The number of nitrogens with one attached hydrogen (secondary N) is 2. The number of carbonyl (C=O) groups is 2. The number of nitrogens with zero attached hydrogens (tertiary/aromatic N) is 1. The summed E-state index contributed by atoms with van der Waals surface area (Å²) in [5, 5.41) is 6.40. The summed E-state index contributed by atoms with van der Waals surface area (Å²) in [7, 11) is 3.08. The number of amides is 2. The average Bonchev–Trinajstić information content (AvgIpc) is 2.76. The van der Waals surface area contributed by atoms with E-state index >= 15 is 0 Å². The molecular weight excluding hydrogens is 378 g/mol. The number of ether oxygens (including phenoxy) is 4. The molecule has 29 heavy (non-hydrogen) atoms.